The molecule has 142 valence electrons. The van der Waals surface area contributed by atoms with Gasteiger partial charge in [-0.15, -0.1) is 0 Å². The first-order chi connectivity index (χ1) is 12.6. The van der Waals surface area contributed by atoms with Crippen molar-refractivity contribution in [1.29, 1.82) is 0 Å². The molecule has 1 unspecified atom stereocenters. The van der Waals surface area contributed by atoms with Crippen LogP contribution in [0.2, 0.25) is 0 Å². The van der Waals surface area contributed by atoms with Crippen molar-refractivity contribution >= 4 is 16.9 Å². The largest absolute Gasteiger partial charge is 0.382 e. The number of hydrogen-bond donors (Lipinski definition) is 2. The third kappa shape index (κ3) is 4.19. The number of nitrogens with one attached hydrogen (secondary N) is 2. The second-order valence-electron chi connectivity index (χ2n) is 6.82. The van der Waals surface area contributed by atoms with Crippen molar-refractivity contribution in [3.05, 3.63) is 35.0 Å². The van der Waals surface area contributed by atoms with E-state index in [9.17, 15) is 0 Å². The summed E-state index contributed by atoms with van der Waals surface area (Å²) in [5.74, 6) is 0.943. The molecule has 1 saturated heterocycles. The van der Waals surface area contributed by atoms with Crippen molar-refractivity contribution in [2.45, 2.75) is 33.4 Å². The van der Waals surface area contributed by atoms with Gasteiger partial charge in [-0.2, -0.15) is 0 Å². The average molecular weight is 358 g/mol. The van der Waals surface area contributed by atoms with E-state index in [0.29, 0.717) is 19.8 Å². The topological polar surface area (TPSA) is 61.9 Å². The molecule has 3 rings (SSSR count). The zero-order chi connectivity index (χ0) is 18.5. The van der Waals surface area contributed by atoms with E-state index in [0.717, 1.165) is 25.6 Å². The van der Waals surface area contributed by atoms with Crippen molar-refractivity contribution < 1.29 is 9.47 Å². The third-order valence-corrected chi connectivity index (χ3v) is 4.91. The number of benzene rings is 1. The Morgan fingerprint density at radius 2 is 2.27 bits per heavy atom. The van der Waals surface area contributed by atoms with Gasteiger partial charge in [0.1, 0.15) is 0 Å². The maximum absolute atomic E-state index is 5.75. The number of methoxy groups -OCH3 is 1. The number of fused-ring (bicyclic) bond motifs is 1. The van der Waals surface area contributed by atoms with E-state index in [-0.39, 0.29) is 6.10 Å². The molecule has 6 heteroatoms. The van der Waals surface area contributed by atoms with Gasteiger partial charge < -0.3 is 24.7 Å². The highest BCUT2D eigenvalue weighted by atomic mass is 16.5. The summed E-state index contributed by atoms with van der Waals surface area (Å²) in [5.41, 5.74) is 4.95. The van der Waals surface area contributed by atoms with Crippen molar-refractivity contribution in [2.75, 3.05) is 40.0 Å². The lowest BCUT2D eigenvalue weighted by atomic mass is 10.1. The highest BCUT2D eigenvalue weighted by Gasteiger charge is 2.22. The fourth-order valence-corrected chi connectivity index (χ4v) is 3.40. The van der Waals surface area contributed by atoms with Crippen LogP contribution in [-0.2, 0) is 16.0 Å². The molecule has 2 N–H and O–H groups in total. The summed E-state index contributed by atoms with van der Waals surface area (Å²) >= 11 is 0. The van der Waals surface area contributed by atoms with Gasteiger partial charge in [-0.25, -0.2) is 4.99 Å². The molecule has 0 bridgehead atoms. The van der Waals surface area contributed by atoms with Crippen molar-refractivity contribution in [3.8, 4) is 0 Å². The summed E-state index contributed by atoms with van der Waals surface area (Å²) in [7, 11) is 1.71. The molecule has 1 aliphatic heterocycles. The predicted octanol–water partition coefficient (Wildman–Crippen LogP) is 2.60. The van der Waals surface area contributed by atoms with Crippen LogP contribution in [0.4, 0.5) is 0 Å². The minimum Gasteiger partial charge on any atom is -0.382 e. The molecule has 1 aromatic carbocycles. The first-order valence-electron chi connectivity index (χ1n) is 9.34. The van der Waals surface area contributed by atoms with E-state index in [1.807, 2.05) is 0 Å². The third-order valence-electron chi connectivity index (χ3n) is 4.91. The number of H-pyrrole nitrogens is 1. The summed E-state index contributed by atoms with van der Waals surface area (Å²) in [6, 6.07) is 6.54. The molecule has 2 aromatic rings. The Morgan fingerprint density at radius 1 is 1.42 bits per heavy atom. The first-order valence-corrected chi connectivity index (χ1v) is 9.34. The number of aryl methyl sites for hydroxylation is 2. The quantitative estimate of drug-likeness (QED) is 0.637. The molecule has 1 aromatic heterocycles. The number of nitrogens with zero attached hydrogens (tertiary/aromatic N) is 2. The van der Waals surface area contributed by atoms with Gasteiger partial charge in [0.15, 0.2) is 5.96 Å². The van der Waals surface area contributed by atoms with E-state index >= 15 is 0 Å². The summed E-state index contributed by atoms with van der Waals surface area (Å²) in [6.07, 6.45) is 0.0967. The molecular formula is C20H30N4O2. The van der Waals surface area contributed by atoms with Crippen molar-refractivity contribution in [2.24, 2.45) is 4.99 Å². The normalized spacial score (nSPS) is 18.5. The molecule has 2 heterocycles. The lowest BCUT2D eigenvalue weighted by molar-refractivity contribution is -0.0447. The number of aromatic amines is 1. The van der Waals surface area contributed by atoms with Gasteiger partial charge in [-0.1, -0.05) is 6.07 Å². The Hall–Kier alpha value is -2.05. The molecular weight excluding hydrogens is 328 g/mol. The van der Waals surface area contributed by atoms with Crippen LogP contribution in [0, 0.1) is 13.8 Å². The van der Waals surface area contributed by atoms with Crippen LogP contribution >= 0.6 is 0 Å². The highest BCUT2D eigenvalue weighted by Crippen LogP contribution is 2.22. The monoisotopic (exact) mass is 358 g/mol. The van der Waals surface area contributed by atoms with Crippen molar-refractivity contribution in [3.63, 3.8) is 0 Å². The van der Waals surface area contributed by atoms with Crippen LogP contribution in [-0.4, -0.2) is 61.9 Å². The Kier molecular flexibility index (Phi) is 6.16. The van der Waals surface area contributed by atoms with Gasteiger partial charge >= 0.3 is 0 Å². The van der Waals surface area contributed by atoms with Crippen LogP contribution < -0.4 is 5.32 Å². The van der Waals surface area contributed by atoms with E-state index in [4.69, 9.17) is 14.5 Å². The van der Waals surface area contributed by atoms with Crippen LogP contribution in [0.25, 0.3) is 10.9 Å². The Labute approximate surface area is 155 Å². The molecule has 6 nitrogen and oxygen atoms in total. The molecule has 1 aliphatic rings. The number of aromatic nitrogens is 1. The first kappa shape index (κ1) is 18.7. The maximum Gasteiger partial charge on any atom is 0.194 e. The highest BCUT2D eigenvalue weighted by molar-refractivity contribution is 5.85. The lowest BCUT2D eigenvalue weighted by Crippen LogP contribution is -2.51. The maximum atomic E-state index is 5.75. The lowest BCUT2D eigenvalue weighted by Gasteiger charge is -2.34. The number of hydrogen-bond acceptors (Lipinski definition) is 3. The minimum atomic E-state index is 0.0967. The van der Waals surface area contributed by atoms with Crippen LogP contribution in [0.3, 0.4) is 0 Å². The predicted molar refractivity (Wildman–Crippen MR) is 106 cm³/mol. The molecule has 26 heavy (non-hydrogen) atoms. The van der Waals surface area contributed by atoms with Crippen LogP contribution in [0.1, 0.15) is 23.7 Å². The van der Waals surface area contributed by atoms with Crippen LogP contribution in [0.5, 0.6) is 0 Å². The fraction of sp³-hybridized carbons (Fsp3) is 0.550. The molecule has 0 saturated carbocycles. The van der Waals surface area contributed by atoms with E-state index in [1.165, 1.54) is 27.7 Å². The number of guanidine groups is 1. The van der Waals surface area contributed by atoms with Gasteiger partial charge in [-0.3, -0.25) is 0 Å². The van der Waals surface area contributed by atoms with E-state index in [1.54, 1.807) is 7.11 Å². The summed E-state index contributed by atoms with van der Waals surface area (Å²) in [6.45, 7) is 10.8. The average Bonchev–Trinajstić information content (AvgIpc) is 2.93. The van der Waals surface area contributed by atoms with Crippen LogP contribution in [0.15, 0.2) is 23.2 Å². The number of morpholine rings is 1. The van der Waals surface area contributed by atoms with Gasteiger partial charge in [-0.05, 0) is 44.0 Å². The smallest absolute Gasteiger partial charge is 0.194 e. The Balaban J connectivity index is 1.75. The molecule has 0 amide bonds. The van der Waals surface area contributed by atoms with E-state index in [2.05, 4.69) is 54.2 Å². The standard InChI is InChI=1S/C20H30N4O2/c1-5-21-20(24-8-9-26-17(12-24)13-25-4)22-11-16-6-7-19-18(10-16)14(2)15(3)23-19/h6-7,10,17,23H,5,8-9,11-13H2,1-4H3,(H,21,22). The second-order valence-corrected chi connectivity index (χ2v) is 6.82. The van der Waals surface area contributed by atoms with Gasteiger partial charge in [0.25, 0.3) is 0 Å². The molecule has 0 aliphatic carbocycles. The molecule has 0 radical (unpaired) electrons. The summed E-state index contributed by atoms with van der Waals surface area (Å²) in [5, 5.41) is 4.70. The Bertz CT molecular complexity index is 767. The fourth-order valence-electron chi connectivity index (χ4n) is 3.40. The van der Waals surface area contributed by atoms with Gasteiger partial charge in [0.2, 0.25) is 0 Å². The summed E-state index contributed by atoms with van der Waals surface area (Å²) < 4.78 is 11.0. The second kappa shape index (κ2) is 8.56. The SMILES string of the molecule is CCNC(=NCc1ccc2[nH]c(C)c(C)c2c1)N1CCOC(COC)C1. The van der Waals surface area contributed by atoms with Crippen molar-refractivity contribution in [1.82, 2.24) is 15.2 Å². The van der Waals surface area contributed by atoms with Gasteiger partial charge in [0.05, 0.1) is 25.9 Å². The van der Waals surface area contributed by atoms with E-state index < -0.39 is 0 Å². The number of rotatable bonds is 5. The number of aliphatic imine (C=N–C) groups is 1. The zero-order valence-corrected chi connectivity index (χ0v) is 16.3. The Morgan fingerprint density at radius 3 is 3.04 bits per heavy atom. The summed E-state index contributed by atoms with van der Waals surface area (Å²) in [4.78, 5) is 10.6. The molecule has 1 fully saturated rings. The number of ether oxygens (including phenoxy) is 2. The zero-order valence-electron chi connectivity index (χ0n) is 16.3. The molecule has 1 atom stereocenters. The minimum absolute atomic E-state index is 0.0967. The molecule has 0 spiro atoms. The van der Waals surface area contributed by atoms with Gasteiger partial charge in [0, 0.05) is 43.3 Å².